The summed E-state index contributed by atoms with van der Waals surface area (Å²) in [5.41, 5.74) is 0.530. The maximum absolute atomic E-state index is 14.0. The first kappa shape index (κ1) is 22.2. The molecule has 1 aromatic carbocycles. The Morgan fingerprint density at radius 2 is 1.93 bits per heavy atom. The molecule has 0 spiro atoms. The number of thiazole rings is 1. The number of hydrogen-bond acceptors (Lipinski definition) is 6. The predicted molar refractivity (Wildman–Crippen MR) is 110 cm³/mol. The molecule has 2 aromatic heterocycles. The smallest absolute Gasteiger partial charge is 0.306 e. The number of nitrogens with zero attached hydrogens (tertiary/aromatic N) is 2. The Morgan fingerprint density at radius 1 is 1.17 bits per heavy atom. The van der Waals surface area contributed by atoms with Gasteiger partial charge in [-0.2, -0.15) is 0 Å². The minimum atomic E-state index is -1.31. The van der Waals surface area contributed by atoms with Gasteiger partial charge < -0.3 is 4.74 Å². The standard InChI is InChI=1S/C20H19F3N2O3S2/c1-3-11-7-8-29-20(11)25(15(26)5-6-16(27)28-4-2)10-14-24-18-17(23)12(21)9-13(22)19(18)30-14/h7-9H,3-6,10H2,1-2H3. The van der Waals surface area contributed by atoms with Crippen LogP contribution in [-0.4, -0.2) is 23.5 Å². The number of halogens is 3. The van der Waals surface area contributed by atoms with Crippen molar-refractivity contribution in [2.24, 2.45) is 0 Å². The molecule has 0 aliphatic carbocycles. The minimum Gasteiger partial charge on any atom is -0.466 e. The van der Waals surface area contributed by atoms with E-state index in [1.807, 2.05) is 18.4 Å². The molecule has 0 fully saturated rings. The molecule has 30 heavy (non-hydrogen) atoms. The van der Waals surface area contributed by atoms with Gasteiger partial charge in [0.15, 0.2) is 11.6 Å². The number of fused-ring (bicyclic) bond motifs is 1. The molecule has 0 N–H and O–H groups in total. The van der Waals surface area contributed by atoms with Crippen LogP contribution in [0, 0.1) is 17.5 Å². The Balaban J connectivity index is 1.92. The summed E-state index contributed by atoms with van der Waals surface area (Å²) in [5.74, 6) is -4.26. The number of aromatic nitrogens is 1. The van der Waals surface area contributed by atoms with Crippen molar-refractivity contribution in [1.82, 2.24) is 4.98 Å². The molecule has 0 saturated carbocycles. The van der Waals surface area contributed by atoms with Crippen LogP contribution < -0.4 is 4.90 Å². The van der Waals surface area contributed by atoms with E-state index < -0.39 is 28.9 Å². The summed E-state index contributed by atoms with van der Waals surface area (Å²) in [6.45, 7) is 3.80. The lowest BCUT2D eigenvalue weighted by atomic mass is 10.2. The summed E-state index contributed by atoms with van der Waals surface area (Å²) in [4.78, 5) is 30.0. The fraction of sp³-hybridized carbons (Fsp3) is 0.350. The quantitative estimate of drug-likeness (QED) is 0.345. The van der Waals surface area contributed by atoms with Gasteiger partial charge in [-0.3, -0.25) is 14.5 Å². The van der Waals surface area contributed by atoms with Crippen molar-refractivity contribution in [2.75, 3.05) is 11.5 Å². The highest BCUT2D eigenvalue weighted by Gasteiger charge is 2.24. The maximum atomic E-state index is 14.0. The van der Waals surface area contributed by atoms with Crippen LogP contribution in [0.25, 0.3) is 10.2 Å². The Morgan fingerprint density at radius 3 is 2.63 bits per heavy atom. The van der Waals surface area contributed by atoms with Gasteiger partial charge in [0, 0.05) is 12.5 Å². The molecule has 0 aliphatic rings. The lowest BCUT2D eigenvalue weighted by Crippen LogP contribution is -2.30. The number of benzene rings is 1. The number of aryl methyl sites for hydroxylation is 1. The fourth-order valence-corrected chi connectivity index (χ4v) is 4.89. The van der Waals surface area contributed by atoms with Crippen molar-refractivity contribution < 1.29 is 27.5 Å². The molecule has 0 unspecified atom stereocenters. The van der Waals surface area contributed by atoms with E-state index in [0.717, 1.165) is 16.9 Å². The third-order valence-corrected chi connectivity index (χ3v) is 6.38. The second-order valence-electron chi connectivity index (χ2n) is 6.33. The summed E-state index contributed by atoms with van der Waals surface area (Å²) in [7, 11) is 0. The van der Waals surface area contributed by atoms with E-state index in [0.29, 0.717) is 17.5 Å². The lowest BCUT2D eigenvalue weighted by Gasteiger charge is -2.21. The van der Waals surface area contributed by atoms with E-state index >= 15 is 0 Å². The number of anilines is 1. The molecule has 0 aliphatic heterocycles. The zero-order valence-corrected chi connectivity index (χ0v) is 18.0. The van der Waals surface area contributed by atoms with Gasteiger partial charge in [-0.15, -0.1) is 22.7 Å². The zero-order valence-electron chi connectivity index (χ0n) is 16.3. The number of amides is 1. The van der Waals surface area contributed by atoms with E-state index in [2.05, 4.69) is 4.98 Å². The van der Waals surface area contributed by atoms with Gasteiger partial charge in [0.2, 0.25) is 5.91 Å². The number of rotatable bonds is 8. The lowest BCUT2D eigenvalue weighted by molar-refractivity contribution is -0.144. The highest BCUT2D eigenvalue weighted by atomic mass is 32.1. The second-order valence-corrected chi connectivity index (χ2v) is 8.31. The number of thiophene rings is 1. The van der Waals surface area contributed by atoms with Crippen LogP contribution in [0.15, 0.2) is 17.5 Å². The largest absolute Gasteiger partial charge is 0.466 e. The van der Waals surface area contributed by atoms with Crippen LogP contribution in [0.5, 0.6) is 0 Å². The van der Waals surface area contributed by atoms with Crippen LogP contribution in [0.2, 0.25) is 0 Å². The molecule has 10 heteroatoms. The van der Waals surface area contributed by atoms with Crippen molar-refractivity contribution in [3.8, 4) is 0 Å². The van der Waals surface area contributed by atoms with E-state index in [1.165, 1.54) is 16.2 Å². The molecule has 3 aromatic rings. The van der Waals surface area contributed by atoms with Gasteiger partial charge in [-0.1, -0.05) is 6.92 Å². The van der Waals surface area contributed by atoms with Gasteiger partial charge in [-0.05, 0) is 30.4 Å². The molecular formula is C20H19F3N2O3S2. The average Bonchev–Trinajstić information content (AvgIpc) is 3.36. The first-order chi connectivity index (χ1) is 14.3. The summed E-state index contributed by atoms with van der Waals surface area (Å²) < 4.78 is 46.4. The molecule has 0 atom stereocenters. The van der Waals surface area contributed by atoms with Gasteiger partial charge >= 0.3 is 5.97 Å². The molecule has 0 bridgehead atoms. The highest BCUT2D eigenvalue weighted by molar-refractivity contribution is 7.18. The monoisotopic (exact) mass is 456 g/mol. The first-order valence-electron chi connectivity index (χ1n) is 9.30. The van der Waals surface area contributed by atoms with Gasteiger partial charge in [0.1, 0.15) is 21.3 Å². The van der Waals surface area contributed by atoms with Crippen molar-refractivity contribution in [3.05, 3.63) is 45.5 Å². The van der Waals surface area contributed by atoms with E-state index in [-0.39, 0.29) is 41.6 Å². The molecule has 1 amide bonds. The summed E-state index contributed by atoms with van der Waals surface area (Å²) in [6, 6.07) is 2.37. The van der Waals surface area contributed by atoms with E-state index in [4.69, 9.17) is 4.74 Å². The van der Waals surface area contributed by atoms with Crippen molar-refractivity contribution >= 4 is 49.8 Å². The molecule has 0 saturated heterocycles. The zero-order chi connectivity index (χ0) is 21.8. The van der Waals surface area contributed by atoms with Crippen LogP contribution >= 0.6 is 22.7 Å². The summed E-state index contributed by atoms with van der Waals surface area (Å²) in [5, 5.41) is 2.78. The second kappa shape index (κ2) is 9.57. The number of carbonyl (C=O) groups is 2. The van der Waals surface area contributed by atoms with Crippen LogP contribution in [0.4, 0.5) is 18.2 Å². The Bertz CT molecular complexity index is 1080. The molecule has 0 radical (unpaired) electrons. The summed E-state index contributed by atoms with van der Waals surface area (Å²) >= 11 is 2.21. The average molecular weight is 457 g/mol. The SMILES string of the molecule is CCOC(=O)CCC(=O)N(Cc1nc2c(F)c(F)cc(F)c2s1)c1sccc1CC. The first-order valence-corrected chi connectivity index (χ1v) is 11.0. The molecule has 3 rings (SSSR count). The fourth-order valence-electron chi connectivity index (χ4n) is 2.92. The normalized spacial score (nSPS) is 11.1. The third kappa shape index (κ3) is 4.65. The number of hydrogen-bond donors (Lipinski definition) is 0. The van der Waals surface area contributed by atoms with Crippen LogP contribution in [-0.2, 0) is 27.3 Å². The predicted octanol–water partition coefficient (Wildman–Crippen LogP) is 5.21. The van der Waals surface area contributed by atoms with Crippen molar-refractivity contribution in [1.29, 1.82) is 0 Å². The van der Waals surface area contributed by atoms with Gasteiger partial charge in [0.05, 0.1) is 24.3 Å². The number of carbonyl (C=O) groups excluding carboxylic acids is 2. The molecular weight excluding hydrogens is 437 g/mol. The Kier molecular flexibility index (Phi) is 7.09. The van der Waals surface area contributed by atoms with Crippen LogP contribution in [0.3, 0.4) is 0 Å². The van der Waals surface area contributed by atoms with Gasteiger partial charge in [-0.25, -0.2) is 18.2 Å². The summed E-state index contributed by atoms with van der Waals surface area (Å²) in [6.07, 6.45) is 0.515. The number of ether oxygens (including phenoxy) is 1. The minimum absolute atomic E-state index is 0.0466. The molecule has 160 valence electrons. The molecule has 5 nitrogen and oxygen atoms in total. The third-order valence-electron chi connectivity index (χ3n) is 4.35. The number of esters is 1. The van der Waals surface area contributed by atoms with Crippen molar-refractivity contribution in [2.45, 2.75) is 39.7 Å². The Labute approximate surface area is 179 Å². The Hall–Kier alpha value is -2.46. The highest BCUT2D eigenvalue weighted by Crippen LogP contribution is 2.33. The van der Waals surface area contributed by atoms with E-state index in [9.17, 15) is 22.8 Å². The van der Waals surface area contributed by atoms with Gasteiger partial charge in [0.25, 0.3) is 0 Å². The van der Waals surface area contributed by atoms with Crippen molar-refractivity contribution in [3.63, 3.8) is 0 Å². The van der Waals surface area contributed by atoms with Crippen LogP contribution in [0.1, 0.15) is 37.3 Å². The topological polar surface area (TPSA) is 59.5 Å². The maximum Gasteiger partial charge on any atom is 0.306 e. The van der Waals surface area contributed by atoms with E-state index in [1.54, 1.807) is 6.92 Å². The molecule has 2 heterocycles.